The van der Waals surface area contributed by atoms with Gasteiger partial charge in [-0.3, -0.25) is 4.79 Å². The van der Waals surface area contributed by atoms with E-state index in [1.807, 2.05) is 0 Å². The third kappa shape index (κ3) is 7.05. The summed E-state index contributed by atoms with van der Waals surface area (Å²) in [7, 11) is 0. The fourth-order valence-corrected chi connectivity index (χ4v) is 2.19. The van der Waals surface area contributed by atoms with Crippen LogP contribution in [0.4, 0.5) is 18.0 Å². The van der Waals surface area contributed by atoms with E-state index in [0.717, 1.165) is 12.1 Å². The predicted octanol–water partition coefficient (Wildman–Crippen LogP) is 5.03. The van der Waals surface area contributed by atoms with Gasteiger partial charge in [0, 0.05) is 0 Å². The van der Waals surface area contributed by atoms with Gasteiger partial charge >= 0.3 is 18.2 Å². The number of hydrogen-bond donors (Lipinski definition) is 1. The molecule has 1 N–H and O–H groups in total. The largest absolute Gasteiger partial charge is 0.462 e. The van der Waals surface area contributed by atoms with Crippen LogP contribution in [0.5, 0.6) is 0 Å². The van der Waals surface area contributed by atoms with Crippen molar-refractivity contribution in [3.8, 4) is 0 Å². The smallest absolute Gasteiger partial charge is 0.416 e. The van der Waals surface area contributed by atoms with Crippen LogP contribution in [0.1, 0.15) is 59.6 Å². The molecule has 8 heteroatoms. The SMILES string of the molecule is CC(C)(C)OC(=O)NC(C)(COC(=O)C(C)(C)C)c1cccc(C(F)(F)F)c1. The molecule has 0 aromatic heterocycles. The lowest BCUT2D eigenvalue weighted by molar-refractivity contribution is -0.155. The summed E-state index contributed by atoms with van der Waals surface area (Å²) in [5.74, 6) is -0.545. The van der Waals surface area contributed by atoms with Gasteiger partial charge in [-0.1, -0.05) is 12.1 Å². The molecule has 0 spiro atoms. The summed E-state index contributed by atoms with van der Waals surface area (Å²) in [6, 6.07) is 4.51. The molecule has 0 fully saturated rings. The fourth-order valence-electron chi connectivity index (χ4n) is 2.19. The third-order valence-electron chi connectivity index (χ3n) is 3.71. The first-order valence-electron chi connectivity index (χ1n) is 8.80. The Labute approximate surface area is 163 Å². The summed E-state index contributed by atoms with van der Waals surface area (Å²) in [6.45, 7) is 11.1. The van der Waals surface area contributed by atoms with E-state index < -0.39 is 40.4 Å². The lowest BCUT2D eigenvalue weighted by Crippen LogP contribution is -2.49. The highest BCUT2D eigenvalue weighted by molar-refractivity contribution is 5.75. The minimum atomic E-state index is -4.55. The average Bonchev–Trinajstić information content (AvgIpc) is 2.49. The molecule has 158 valence electrons. The molecule has 0 saturated heterocycles. The third-order valence-corrected chi connectivity index (χ3v) is 3.71. The Kier molecular flexibility index (Phi) is 6.80. The van der Waals surface area contributed by atoms with Gasteiger partial charge in [-0.2, -0.15) is 13.2 Å². The van der Waals surface area contributed by atoms with Crippen molar-refractivity contribution in [1.82, 2.24) is 5.32 Å². The number of carbonyl (C=O) groups is 2. The van der Waals surface area contributed by atoms with Gasteiger partial charge in [0.15, 0.2) is 0 Å². The summed E-state index contributed by atoms with van der Waals surface area (Å²) in [4.78, 5) is 24.4. The van der Waals surface area contributed by atoms with Crippen molar-refractivity contribution in [2.24, 2.45) is 5.41 Å². The van der Waals surface area contributed by atoms with E-state index in [1.54, 1.807) is 41.5 Å². The maximum absolute atomic E-state index is 13.1. The molecule has 1 aromatic carbocycles. The molecule has 0 saturated carbocycles. The number of ether oxygens (including phenoxy) is 2. The highest BCUT2D eigenvalue weighted by atomic mass is 19.4. The van der Waals surface area contributed by atoms with Gasteiger partial charge in [-0.15, -0.1) is 0 Å². The van der Waals surface area contributed by atoms with Gasteiger partial charge in [0.05, 0.1) is 16.5 Å². The van der Waals surface area contributed by atoms with Crippen LogP contribution in [-0.4, -0.2) is 24.3 Å². The van der Waals surface area contributed by atoms with Crippen molar-refractivity contribution in [2.45, 2.75) is 65.8 Å². The number of alkyl halides is 3. The van der Waals surface area contributed by atoms with Gasteiger partial charge < -0.3 is 14.8 Å². The van der Waals surface area contributed by atoms with E-state index in [4.69, 9.17) is 9.47 Å². The summed E-state index contributed by atoms with van der Waals surface area (Å²) in [5.41, 5.74) is -3.77. The van der Waals surface area contributed by atoms with Crippen molar-refractivity contribution in [3.63, 3.8) is 0 Å². The molecule has 1 aromatic rings. The zero-order chi connectivity index (χ0) is 22.0. The Morgan fingerprint density at radius 3 is 1.96 bits per heavy atom. The molecule has 0 heterocycles. The van der Waals surface area contributed by atoms with Gasteiger partial charge in [-0.25, -0.2) is 4.79 Å². The van der Waals surface area contributed by atoms with Crippen LogP contribution in [-0.2, 0) is 26.0 Å². The first kappa shape index (κ1) is 23.8. The number of rotatable bonds is 4. The molecule has 0 radical (unpaired) electrons. The number of halogens is 3. The van der Waals surface area contributed by atoms with Crippen LogP contribution in [0.25, 0.3) is 0 Å². The molecular weight excluding hydrogens is 375 g/mol. The maximum atomic E-state index is 13.1. The van der Waals surface area contributed by atoms with E-state index in [1.165, 1.54) is 19.1 Å². The minimum Gasteiger partial charge on any atom is -0.462 e. The zero-order valence-electron chi connectivity index (χ0n) is 17.3. The van der Waals surface area contributed by atoms with Crippen LogP contribution in [0.3, 0.4) is 0 Å². The summed E-state index contributed by atoms with van der Waals surface area (Å²) >= 11 is 0. The lowest BCUT2D eigenvalue weighted by atomic mass is 9.91. The second-order valence-electron chi connectivity index (χ2n) is 8.86. The van der Waals surface area contributed by atoms with Crippen LogP contribution in [0.15, 0.2) is 24.3 Å². The van der Waals surface area contributed by atoms with Crippen molar-refractivity contribution in [2.75, 3.05) is 6.61 Å². The topological polar surface area (TPSA) is 64.6 Å². The number of hydrogen-bond acceptors (Lipinski definition) is 4. The Morgan fingerprint density at radius 2 is 1.50 bits per heavy atom. The molecule has 0 aliphatic carbocycles. The van der Waals surface area contributed by atoms with Crippen LogP contribution in [0.2, 0.25) is 0 Å². The van der Waals surface area contributed by atoms with Crippen molar-refractivity contribution in [3.05, 3.63) is 35.4 Å². The van der Waals surface area contributed by atoms with Crippen LogP contribution >= 0.6 is 0 Å². The summed E-state index contributed by atoms with van der Waals surface area (Å²) in [5, 5.41) is 2.55. The zero-order valence-corrected chi connectivity index (χ0v) is 17.3. The number of nitrogens with one attached hydrogen (secondary N) is 1. The fraction of sp³-hybridized carbons (Fsp3) is 0.600. The van der Waals surface area contributed by atoms with E-state index in [9.17, 15) is 22.8 Å². The normalized spacial score (nSPS) is 14.8. The van der Waals surface area contributed by atoms with E-state index in [2.05, 4.69) is 5.32 Å². The highest BCUT2D eigenvalue weighted by Gasteiger charge is 2.37. The minimum absolute atomic E-state index is 0.134. The summed E-state index contributed by atoms with van der Waals surface area (Å²) < 4.78 is 49.8. The molecule has 1 unspecified atom stereocenters. The van der Waals surface area contributed by atoms with E-state index in [0.29, 0.717) is 0 Å². The van der Waals surface area contributed by atoms with Gasteiger partial charge in [0.1, 0.15) is 12.2 Å². The Bertz CT molecular complexity index is 717. The first-order valence-corrected chi connectivity index (χ1v) is 8.80. The molecule has 1 atom stereocenters. The molecular formula is C20H28F3NO4. The number of esters is 1. The summed E-state index contributed by atoms with van der Waals surface area (Å²) in [6.07, 6.45) is -5.38. The van der Waals surface area contributed by atoms with Crippen molar-refractivity contribution in [1.29, 1.82) is 0 Å². The first-order chi connectivity index (χ1) is 12.4. The molecule has 28 heavy (non-hydrogen) atoms. The molecule has 1 rings (SSSR count). The Balaban J connectivity index is 3.24. The second kappa shape index (κ2) is 8.01. The Morgan fingerprint density at radius 1 is 0.964 bits per heavy atom. The van der Waals surface area contributed by atoms with Crippen LogP contribution < -0.4 is 5.32 Å². The Hall–Kier alpha value is -2.25. The van der Waals surface area contributed by atoms with Crippen molar-refractivity contribution >= 4 is 12.1 Å². The number of benzene rings is 1. The average molecular weight is 403 g/mol. The standard InChI is InChI=1S/C20H28F3NO4/c1-17(2,3)15(25)27-12-19(7,24-16(26)28-18(4,5)6)13-9-8-10-14(11-13)20(21,22)23/h8-11H,12H2,1-7H3,(H,24,26). The van der Waals surface area contributed by atoms with E-state index in [-0.39, 0.29) is 12.2 Å². The quantitative estimate of drug-likeness (QED) is 0.716. The highest BCUT2D eigenvalue weighted by Crippen LogP contribution is 2.33. The lowest BCUT2D eigenvalue weighted by Gasteiger charge is -2.33. The van der Waals surface area contributed by atoms with Crippen LogP contribution in [0, 0.1) is 5.41 Å². The predicted molar refractivity (Wildman–Crippen MR) is 98.6 cm³/mol. The number of alkyl carbamates (subject to hydrolysis) is 1. The maximum Gasteiger partial charge on any atom is 0.416 e. The van der Waals surface area contributed by atoms with Gasteiger partial charge in [0.25, 0.3) is 0 Å². The number of carbonyl (C=O) groups excluding carboxylic acids is 2. The van der Waals surface area contributed by atoms with Crippen molar-refractivity contribution < 1.29 is 32.2 Å². The van der Waals surface area contributed by atoms with Gasteiger partial charge in [0.2, 0.25) is 0 Å². The van der Waals surface area contributed by atoms with Gasteiger partial charge in [-0.05, 0) is 66.2 Å². The van der Waals surface area contributed by atoms with E-state index >= 15 is 0 Å². The number of amides is 1. The molecule has 0 aliphatic rings. The molecule has 0 bridgehead atoms. The second-order valence-corrected chi connectivity index (χ2v) is 8.86. The molecule has 0 aliphatic heterocycles. The molecule has 5 nitrogen and oxygen atoms in total. The molecule has 1 amide bonds. The monoisotopic (exact) mass is 403 g/mol.